The quantitative estimate of drug-likeness (QED) is 0.889. The first-order valence-corrected chi connectivity index (χ1v) is 6.04. The third-order valence-electron chi connectivity index (χ3n) is 2.75. The molecular weight excluding hydrogens is 250 g/mol. The molecule has 0 bridgehead atoms. The van der Waals surface area contributed by atoms with E-state index in [2.05, 4.69) is 4.98 Å². The molecule has 0 aliphatic carbocycles. The van der Waals surface area contributed by atoms with Crippen molar-refractivity contribution in [3.05, 3.63) is 10.6 Å². The zero-order valence-corrected chi connectivity index (χ0v) is 10.1. The monoisotopic (exact) mass is 262 g/mol. The SMILES string of the molecule is Cc1nc(N2CCC(F)(F)CC2)sc1C(=O)O. The van der Waals surface area contributed by atoms with Gasteiger partial charge >= 0.3 is 5.97 Å². The number of aromatic nitrogens is 1. The van der Waals surface area contributed by atoms with Crippen molar-refractivity contribution in [2.75, 3.05) is 18.0 Å². The summed E-state index contributed by atoms with van der Waals surface area (Å²) in [5, 5.41) is 9.42. The highest BCUT2D eigenvalue weighted by Gasteiger charge is 2.35. The Bertz CT molecular complexity index is 438. The summed E-state index contributed by atoms with van der Waals surface area (Å²) in [6.07, 6.45) is -0.401. The van der Waals surface area contributed by atoms with Crippen LogP contribution in [0, 0.1) is 6.92 Å². The Kier molecular flexibility index (Phi) is 3.03. The van der Waals surface area contributed by atoms with Crippen molar-refractivity contribution in [3.63, 3.8) is 0 Å². The molecule has 94 valence electrons. The van der Waals surface area contributed by atoms with Crippen LogP contribution in [0.5, 0.6) is 0 Å². The fraction of sp³-hybridized carbons (Fsp3) is 0.600. The van der Waals surface area contributed by atoms with Crippen LogP contribution < -0.4 is 4.90 Å². The fourth-order valence-electron chi connectivity index (χ4n) is 1.74. The second kappa shape index (κ2) is 4.21. The molecule has 1 N–H and O–H groups in total. The Labute approximate surface area is 101 Å². The lowest BCUT2D eigenvalue weighted by Crippen LogP contribution is -2.39. The predicted molar refractivity (Wildman–Crippen MR) is 60.2 cm³/mol. The molecular formula is C10H12F2N2O2S. The molecule has 2 heterocycles. The Balaban J connectivity index is 2.14. The summed E-state index contributed by atoms with van der Waals surface area (Å²) in [7, 11) is 0. The van der Waals surface area contributed by atoms with Crippen molar-refractivity contribution in [2.24, 2.45) is 0 Å². The average molecular weight is 262 g/mol. The normalized spacial score (nSPS) is 19.4. The van der Waals surface area contributed by atoms with Gasteiger partial charge in [0.05, 0.1) is 5.69 Å². The minimum atomic E-state index is -2.60. The van der Waals surface area contributed by atoms with E-state index in [0.717, 1.165) is 11.3 Å². The van der Waals surface area contributed by atoms with Gasteiger partial charge in [0.1, 0.15) is 4.88 Å². The number of anilines is 1. The predicted octanol–water partition coefficient (Wildman–Crippen LogP) is 2.39. The zero-order valence-electron chi connectivity index (χ0n) is 9.24. The first-order chi connectivity index (χ1) is 7.89. The van der Waals surface area contributed by atoms with Crippen LogP contribution in [0.3, 0.4) is 0 Å². The van der Waals surface area contributed by atoms with Gasteiger partial charge in [-0.3, -0.25) is 0 Å². The highest BCUT2D eigenvalue weighted by atomic mass is 32.1. The standard InChI is InChI=1S/C10H12F2N2O2S/c1-6-7(8(15)16)17-9(13-6)14-4-2-10(11,12)3-5-14/h2-5H2,1H3,(H,15,16). The number of carboxylic acids is 1. The van der Waals surface area contributed by atoms with Crippen LogP contribution in [0.2, 0.25) is 0 Å². The molecule has 0 unspecified atom stereocenters. The van der Waals surface area contributed by atoms with E-state index in [1.54, 1.807) is 11.8 Å². The summed E-state index contributed by atoms with van der Waals surface area (Å²) in [6.45, 7) is 2.06. The molecule has 2 rings (SSSR count). The summed E-state index contributed by atoms with van der Waals surface area (Å²) in [5.74, 6) is -3.62. The van der Waals surface area contributed by atoms with Crippen LogP contribution in [-0.4, -0.2) is 35.1 Å². The van der Waals surface area contributed by atoms with Gasteiger partial charge in [-0.25, -0.2) is 18.6 Å². The molecule has 0 radical (unpaired) electrons. The van der Waals surface area contributed by atoms with Crippen molar-refractivity contribution in [1.29, 1.82) is 0 Å². The van der Waals surface area contributed by atoms with Gasteiger partial charge < -0.3 is 10.0 Å². The van der Waals surface area contributed by atoms with Gasteiger partial charge in [0.2, 0.25) is 0 Å². The molecule has 1 saturated heterocycles. The first-order valence-electron chi connectivity index (χ1n) is 5.22. The summed E-state index contributed by atoms with van der Waals surface area (Å²) < 4.78 is 25.9. The van der Waals surface area contributed by atoms with Crippen LogP contribution >= 0.6 is 11.3 Å². The van der Waals surface area contributed by atoms with E-state index in [1.807, 2.05) is 0 Å². The van der Waals surface area contributed by atoms with Gasteiger partial charge in [-0.1, -0.05) is 11.3 Å². The van der Waals surface area contributed by atoms with Crippen LogP contribution in [-0.2, 0) is 0 Å². The summed E-state index contributed by atoms with van der Waals surface area (Å²) in [4.78, 5) is 16.9. The van der Waals surface area contributed by atoms with E-state index in [-0.39, 0.29) is 30.8 Å². The number of alkyl halides is 2. The van der Waals surface area contributed by atoms with Crippen molar-refractivity contribution in [1.82, 2.24) is 4.98 Å². The van der Waals surface area contributed by atoms with E-state index < -0.39 is 11.9 Å². The number of thiazole rings is 1. The van der Waals surface area contributed by atoms with Gasteiger partial charge in [0.25, 0.3) is 5.92 Å². The molecule has 1 aliphatic heterocycles. The van der Waals surface area contributed by atoms with Crippen LogP contribution in [0.15, 0.2) is 0 Å². The number of aryl methyl sites for hydroxylation is 1. The molecule has 7 heteroatoms. The number of hydrogen-bond acceptors (Lipinski definition) is 4. The highest BCUT2D eigenvalue weighted by Crippen LogP contribution is 2.33. The summed E-state index contributed by atoms with van der Waals surface area (Å²) in [6, 6.07) is 0. The van der Waals surface area contributed by atoms with E-state index in [9.17, 15) is 13.6 Å². The molecule has 1 aliphatic rings. The topological polar surface area (TPSA) is 53.4 Å². The molecule has 0 atom stereocenters. The van der Waals surface area contributed by atoms with E-state index in [4.69, 9.17) is 5.11 Å². The molecule has 1 fully saturated rings. The maximum Gasteiger partial charge on any atom is 0.347 e. The fourth-order valence-corrected chi connectivity index (χ4v) is 2.70. The van der Waals surface area contributed by atoms with Crippen LogP contribution in [0.4, 0.5) is 13.9 Å². The largest absolute Gasteiger partial charge is 0.477 e. The van der Waals surface area contributed by atoms with E-state index in [1.165, 1.54) is 0 Å². The molecule has 0 amide bonds. The summed E-state index contributed by atoms with van der Waals surface area (Å²) in [5.41, 5.74) is 0.440. The molecule has 1 aromatic heterocycles. The number of carboxylic acid groups (broad SMARTS) is 1. The molecule has 0 saturated carbocycles. The number of rotatable bonds is 2. The lowest BCUT2D eigenvalue weighted by molar-refractivity contribution is -0.0220. The maximum absolute atomic E-state index is 13.0. The smallest absolute Gasteiger partial charge is 0.347 e. The average Bonchev–Trinajstić information content (AvgIpc) is 2.60. The number of aromatic carboxylic acids is 1. The van der Waals surface area contributed by atoms with Gasteiger partial charge in [0, 0.05) is 25.9 Å². The second-order valence-corrected chi connectivity index (χ2v) is 5.04. The lowest BCUT2D eigenvalue weighted by atomic mass is 10.1. The first kappa shape index (κ1) is 12.2. The van der Waals surface area contributed by atoms with Gasteiger partial charge in [0.15, 0.2) is 5.13 Å². The third-order valence-corrected chi connectivity index (χ3v) is 3.95. The number of carbonyl (C=O) groups is 1. The molecule has 1 aromatic rings. The molecule has 17 heavy (non-hydrogen) atoms. The minimum absolute atomic E-state index is 0.178. The number of nitrogens with zero attached hydrogens (tertiary/aromatic N) is 2. The van der Waals surface area contributed by atoms with Gasteiger partial charge in [-0.05, 0) is 6.92 Å². The van der Waals surface area contributed by atoms with Crippen molar-refractivity contribution >= 4 is 22.4 Å². The van der Waals surface area contributed by atoms with Gasteiger partial charge in [-0.15, -0.1) is 0 Å². The molecule has 0 aromatic carbocycles. The Morgan fingerprint density at radius 3 is 2.53 bits per heavy atom. The maximum atomic E-state index is 13.0. The zero-order chi connectivity index (χ0) is 12.6. The minimum Gasteiger partial charge on any atom is -0.477 e. The van der Waals surface area contributed by atoms with Gasteiger partial charge in [-0.2, -0.15) is 0 Å². The van der Waals surface area contributed by atoms with Crippen molar-refractivity contribution in [3.8, 4) is 0 Å². The van der Waals surface area contributed by atoms with E-state index in [0.29, 0.717) is 10.8 Å². The Morgan fingerprint density at radius 2 is 2.06 bits per heavy atom. The van der Waals surface area contributed by atoms with Crippen molar-refractivity contribution in [2.45, 2.75) is 25.7 Å². The molecule has 4 nitrogen and oxygen atoms in total. The number of piperidine rings is 1. The van der Waals surface area contributed by atoms with Crippen LogP contribution in [0.1, 0.15) is 28.2 Å². The molecule has 0 spiro atoms. The van der Waals surface area contributed by atoms with E-state index >= 15 is 0 Å². The number of hydrogen-bond donors (Lipinski definition) is 1. The second-order valence-electron chi connectivity index (χ2n) is 4.06. The Morgan fingerprint density at radius 1 is 1.47 bits per heavy atom. The Hall–Kier alpha value is -1.24. The summed E-state index contributed by atoms with van der Waals surface area (Å²) >= 11 is 1.04. The van der Waals surface area contributed by atoms with Crippen LogP contribution in [0.25, 0.3) is 0 Å². The van der Waals surface area contributed by atoms with Crippen molar-refractivity contribution < 1.29 is 18.7 Å². The third kappa shape index (κ3) is 2.54. The lowest BCUT2D eigenvalue weighted by Gasteiger charge is -2.31. The number of halogens is 2. The highest BCUT2D eigenvalue weighted by molar-refractivity contribution is 7.17.